The molecule has 4 nitrogen and oxygen atoms in total. The van der Waals surface area contributed by atoms with E-state index in [0.717, 1.165) is 29.5 Å². The molecule has 0 aromatic heterocycles. The minimum atomic E-state index is 0.505. The molecule has 152 valence electrons. The zero-order valence-electron chi connectivity index (χ0n) is 17.1. The van der Waals surface area contributed by atoms with Gasteiger partial charge in [-0.25, -0.2) is 0 Å². The van der Waals surface area contributed by atoms with Crippen molar-refractivity contribution in [3.63, 3.8) is 0 Å². The van der Waals surface area contributed by atoms with Gasteiger partial charge < -0.3 is 19.5 Å². The van der Waals surface area contributed by atoms with Crippen LogP contribution >= 0.6 is 0 Å². The molecule has 0 aliphatic heterocycles. The van der Waals surface area contributed by atoms with Gasteiger partial charge in [-0.2, -0.15) is 0 Å². The molecule has 0 radical (unpaired) electrons. The summed E-state index contributed by atoms with van der Waals surface area (Å²) in [6, 6.07) is 26.0. The summed E-state index contributed by atoms with van der Waals surface area (Å²) in [7, 11) is 0. The zero-order valence-corrected chi connectivity index (χ0v) is 17.1. The molecule has 0 aliphatic rings. The predicted octanol–water partition coefficient (Wildman–Crippen LogP) is 5.76. The van der Waals surface area contributed by atoms with E-state index in [0.29, 0.717) is 25.7 Å². The molecule has 0 fully saturated rings. The first-order valence-corrected chi connectivity index (χ1v) is 10.1. The van der Waals surface area contributed by atoms with E-state index < -0.39 is 0 Å². The van der Waals surface area contributed by atoms with Crippen molar-refractivity contribution >= 4 is 5.69 Å². The maximum atomic E-state index is 5.79. The van der Waals surface area contributed by atoms with Crippen LogP contribution < -0.4 is 19.5 Å². The zero-order chi connectivity index (χ0) is 20.3. The summed E-state index contributed by atoms with van der Waals surface area (Å²) < 4.78 is 17.1. The first-order chi connectivity index (χ1) is 14.2. The van der Waals surface area contributed by atoms with Crippen LogP contribution in [0.3, 0.4) is 0 Å². The highest BCUT2D eigenvalue weighted by atomic mass is 16.5. The van der Waals surface area contributed by atoms with Crippen LogP contribution in [0.1, 0.15) is 25.3 Å². The van der Waals surface area contributed by atoms with E-state index in [1.165, 1.54) is 5.56 Å². The van der Waals surface area contributed by atoms with Crippen LogP contribution in [-0.4, -0.2) is 26.4 Å². The predicted molar refractivity (Wildman–Crippen MR) is 118 cm³/mol. The fourth-order valence-corrected chi connectivity index (χ4v) is 2.82. The monoisotopic (exact) mass is 391 g/mol. The molecule has 0 saturated carbocycles. The van der Waals surface area contributed by atoms with Crippen LogP contribution in [-0.2, 0) is 0 Å². The molecule has 3 aromatic carbocycles. The number of anilines is 1. The second-order valence-electron chi connectivity index (χ2n) is 7.03. The summed E-state index contributed by atoms with van der Waals surface area (Å²) in [6.07, 6.45) is 0. The van der Waals surface area contributed by atoms with Gasteiger partial charge in [0, 0.05) is 12.2 Å². The molecule has 0 heterocycles. The van der Waals surface area contributed by atoms with Crippen molar-refractivity contribution in [2.45, 2.75) is 19.8 Å². The molecule has 1 N–H and O–H groups in total. The number of hydrogen-bond donors (Lipinski definition) is 1. The van der Waals surface area contributed by atoms with Crippen LogP contribution in [0.15, 0.2) is 78.9 Å². The number of hydrogen-bond acceptors (Lipinski definition) is 4. The Morgan fingerprint density at radius 1 is 0.621 bits per heavy atom. The van der Waals surface area contributed by atoms with Gasteiger partial charge in [0.25, 0.3) is 0 Å². The smallest absolute Gasteiger partial charge is 0.122 e. The van der Waals surface area contributed by atoms with E-state index in [4.69, 9.17) is 14.2 Å². The standard InChI is InChI=1S/C25H29NO3/c1-20(2)21-8-12-24(13-9-21)27-17-16-26-22-10-14-25(15-11-22)29-19-18-28-23-6-4-3-5-7-23/h3-15,20,26H,16-19H2,1-2H3. The second-order valence-corrected chi connectivity index (χ2v) is 7.03. The van der Waals surface area contributed by atoms with Gasteiger partial charge in [-0.3, -0.25) is 0 Å². The maximum absolute atomic E-state index is 5.79. The second kappa shape index (κ2) is 11.0. The Labute approximate surface area is 173 Å². The fraction of sp³-hybridized carbons (Fsp3) is 0.280. The van der Waals surface area contributed by atoms with Crippen LogP contribution in [0.4, 0.5) is 5.69 Å². The lowest BCUT2D eigenvalue weighted by Crippen LogP contribution is -2.11. The molecular formula is C25H29NO3. The lowest BCUT2D eigenvalue weighted by Gasteiger charge is -2.11. The normalized spacial score (nSPS) is 10.6. The maximum Gasteiger partial charge on any atom is 0.122 e. The number of para-hydroxylation sites is 1. The van der Waals surface area contributed by atoms with Gasteiger partial charge in [0.15, 0.2) is 0 Å². The van der Waals surface area contributed by atoms with E-state index in [2.05, 4.69) is 31.3 Å². The molecule has 3 rings (SSSR count). The topological polar surface area (TPSA) is 39.7 Å². The van der Waals surface area contributed by atoms with Gasteiger partial charge in [-0.15, -0.1) is 0 Å². The Bertz CT molecular complexity index is 830. The number of benzene rings is 3. The molecule has 0 spiro atoms. The molecule has 0 atom stereocenters. The Hall–Kier alpha value is -3.14. The third-order valence-corrected chi connectivity index (χ3v) is 4.46. The number of ether oxygens (including phenoxy) is 3. The highest BCUT2D eigenvalue weighted by Gasteiger charge is 2.00. The number of nitrogens with one attached hydrogen (secondary N) is 1. The summed E-state index contributed by atoms with van der Waals surface area (Å²) in [5.41, 5.74) is 2.36. The van der Waals surface area contributed by atoms with Crippen LogP contribution in [0.25, 0.3) is 0 Å². The van der Waals surface area contributed by atoms with Gasteiger partial charge in [-0.05, 0) is 60.0 Å². The molecular weight excluding hydrogens is 362 g/mol. The van der Waals surface area contributed by atoms with E-state index in [-0.39, 0.29) is 0 Å². The Kier molecular flexibility index (Phi) is 7.81. The van der Waals surface area contributed by atoms with Crippen molar-refractivity contribution in [1.82, 2.24) is 0 Å². The van der Waals surface area contributed by atoms with Gasteiger partial charge in [0.1, 0.15) is 37.1 Å². The molecule has 0 aliphatic carbocycles. The molecule has 29 heavy (non-hydrogen) atoms. The van der Waals surface area contributed by atoms with Gasteiger partial charge in [-0.1, -0.05) is 44.2 Å². The van der Waals surface area contributed by atoms with E-state index in [9.17, 15) is 0 Å². The summed E-state index contributed by atoms with van der Waals surface area (Å²) in [6.45, 7) is 6.74. The van der Waals surface area contributed by atoms with Crippen molar-refractivity contribution in [3.8, 4) is 17.2 Å². The van der Waals surface area contributed by atoms with E-state index >= 15 is 0 Å². The van der Waals surface area contributed by atoms with E-state index in [1.54, 1.807) is 0 Å². The third-order valence-electron chi connectivity index (χ3n) is 4.46. The van der Waals surface area contributed by atoms with Gasteiger partial charge >= 0.3 is 0 Å². The summed E-state index contributed by atoms with van der Waals surface area (Å²) >= 11 is 0. The minimum Gasteiger partial charge on any atom is -0.492 e. The highest BCUT2D eigenvalue weighted by molar-refractivity contribution is 5.46. The van der Waals surface area contributed by atoms with Crippen LogP contribution in [0, 0.1) is 0 Å². The lowest BCUT2D eigenvalue weighted by atomic mass is 10.0. The molecule has 0 amide bonds. The van der Waals surface area contributed by atoms with Crippen molar-refractivity contribution in [3.05, 3.63) is 84.4 Å². The molecule has 3 aromatic rings. The first-order valence-electron chi connectivity index (χ1n) is 10.1. The quantitative estimate of drug-likeness (QED) is 0.422. The Balaban J connectivity index is 1.31. The SMILES string of the molecule is CC(C)c1ccc(OCCNc2ccc(OCCOc3ccccc3)cc2)cc1. The van der Waals surface area contributed by atoms with Crippen LogP contribution in [0.2, 0.25) is 0 Å². The third kappa shape index (κ3) is 7.07. The lowest BCUT2D eigenvalue weighted by molar-refractivity contribution is 0.217. The van der Waals surface area contributed by atoms with E-state index in [1.807, 2.05) is 66.7 Å². The molecule has 0 bridgehead atoms. The van der Waals surface area contributed by atoms with Gasteiger partial charge in [0.05, 0.1) is 0 Å². The largest absolute Gasteiger partial charge is 0.492 e. The minimum absolute atomic E-state index is 0.505. The summed E-state index contributed by atoms with van der Waals surface area (Å²) in [4.78, 5) is 0. The Morgan fingerprint density at radius 3 is 1.72 bits per heavy atom. The average molecular weight is 392 g/mol. The molecule has 0 saturated heterocycles. The van der Waals surface area contributed by atoms with Gasteiger partial charge in [0.2, 0.25) is 0 Å². The Morgan fingerprint density at radius 2 is 1.14 bits per heavy atom. The average Bonchev–Trinajstić information content (AvgIpc) is 2.76. The van der Waals surface area contributed by atoms with Crippen molar-refractivity contribution < 1.29 is 14.2 Å². The molecule has 4 heteroatoms. The fourth-order valence-electron chi connectivity index (χ4n) is 2.82. The van der Waals surface area contributed by atoms with Crippen LogP contribution in [0.5, 0.6) is 17.2 Å². The summed E-state index contributed by atoms with van der Waals surface area (Å²) in [5.74, 6) is 3.12. The molecule has 0 unspecified atom stereocenters. The number of rotatable bonds is 11. The van der Waals surface area contributed by atoms with Crippen molar-refractivity contribution in [1.29, 1.82) is 0 Å². The first kappa shape index (κ1) is 20.6. The highest BCUT2D eigenvalue weighted by Crippen LogP contribution is 2.19. The van der Waals surface area contributed by atoms with Crippen molar-refractivity contribution in [2.75, 3.05) is 31.7 Å². The van der Waals surface area contributed by atoms with Crippen molar-refractivity contribution in [2.24, 2.45) is 0 Å². The summed E-state index contributed by atoms with van der Waals surface area (Å²) in [5, 5.41) is 3.36.